The zero-order chi connectivity index (χ0) is 14.0. The quantitative estimate of drug-likeness (QED) is 0.745. The third kappa shape index (κ3) is 2.89. The summed E-state index contributed by atoms with van der Waals surface area (Å²) in [4.78, 5) is 0. The number of rotatable bonds is 3. The number of halogens is 1. The second-order valence-electron chi connectivity index (χ2n) is 5.07. The van der Waals surface area contributed by atoms with Crippen LogP contribution in [0.3, 0.4) is 0 Å². The average Bonchev–Trinajstić information content (AvgIpc) is 2.57. The molecule has 0 saturated heterocycles. The van der Waals surface area contributed by atoms with Crippen molar-refractivity contribution in [2.24, 2.45) is 5.92 Å². The number of methoxy groups -OCH3 is 2. The van der Waals surface area contributed by atoms with Crippen molar-refractivity contribution >= 4 is 27.7 Å². The number of alkyl halides is 1. The Labute approximate surface area is 128 Å². The molecule has 0 bridgehead atoms. The first-order valence-electron chi connectivity index (χ1n) is 6.55. The standard InChI is InChI=1S/C15H21BrO2S/c1-9-8-19-14(7-16)15-12(10(9)2)5-11(17-3)6-13(15)18-4/h5-6,9-10,14H,7-8H2,1-4H3. The molecular formula is C15H21BrO2S. The molecule has 106 valence electrons. The third-order valence-corrected chi connectivity index (χ3v) is 6.57. The molecule has 0 aromatic heterocycles. The van der Waals surface area contributed by atoms with E-state index in [-0.39, 0.29) is 0 Å². The van der Waals surface area contributed by atoms with Gasteiger partial charge in [-0.25, -0.2) is 0 Å². The van der Waals surface area contributed by atoms with Gasteiger partial charge in [-0.05, 0) is 29.2 Å². The largest absolute Gasteiger partial charge is 0.497 e. The Hall–Kier alpha value is -0.350. The average molecular weight is 345 g/mol. The maximum absolute atomic E-state index is 5.61. The van der Waals surface area contributed by atoms with Gasteiger partial charge in [-0.3, -0.25) is 0 Å². The highest BCUT2D eigenvalue weighted by Crippen LogP contribution is 2.48. The molecule has 1 aliphatic heterocycles. The monoisotopic (exact) mass is 344 g/mol. The van der Waals surface area contributed by atoms with Gasteiger partial charge in [0.1, 0.15) is 11.5 Å². The first-order chi connectivity index (χ1) is 9.12. The zero-order valence-electron chi connectivity index (χ0n) is 11.9. The summed E-state index contributed by atoms with van der Waals surface area (Å²) in [5, 5.41) is 1.40. The minimum Gasteiger partial charge on any atom is -0.497 e. The lowest BCUT2D eigenvalue weighted by molar-refractivity contribution is 0.388. The molecule has 0 saturated carbocycles. The number of benzene rings is 1. The summed E-state index contributed by atoms with van der Waals surface area (Å²) >= 11 is 5.66. The molecule has 1 aromatic carbocycles. The van der Waals surface area contributed by atoms with Crippen molar-refractivity contribution in [1.29, 1.82) is 0 Å². The summed E-state index contributed by atoms with van der Waals surface area (Å²) < 4.78 is 11.0. The molecule has 3 atom stereocenters. The predicted octanol–water partition coefficient (Wildman–Crippen LogP) is 4.63. The summed E-state index contributed by atoms with van der Waals surface area (Å²) in [7, 11) is 3.45. The molecule has 0 aliphatic carbocycles. The summed E-state index contributed by atoms with van der Waals surface area (Å²) in [5.41, 5.74) is 2.71. The van der Waals surface area contributed by atoms with Crippen LogP contribution >= 0.6 is 27.7 Å². The van der Waals surface area contributed by atoms with E-state index in [9.17, 15) is 0 Å². The van der Waals surface area contributed by atoms with Crippen molar-refractivity contribution in [1.82, 2.24) is 0 Å². The zero-order valence-corrected chi connectivity index (χ0v) is 14.3. The number of thioether (sulfide) groups is 1. The second kappa shape index (κ2) is 6.40. The molecule has 4 heteroatoms. The Bertz CT molecular complexity index is 450. The van der Waals surface area contributed by atoms with Crippen LogP contribution in [0.2, 0.25) is 0 Å². The van der Waals surface area contributed by atoms with Gasteiger partial charge < -0.3 is 9.47 Å². The molecular weight excluding hydrogens is 324 g/mol. The number of hydrogen-bond acceptors (Lipinski definition) is 3. The summed E-state index contributed by atoms with van der Waals surface area (Å²) in [6.45, 7) is 4.63. The lowest BCUT2D eigenvalue weighted by Crippen LogP contribution is -2.09. The lowest BCUT2D eigenvalue weighted by Gasteiger charge is -2.22. The Morgan fingerprint density at radius 1 is 1.26 bits per heavy atom. The van der Waals surface area contributed by atoms with E-state index in [1.165, 1.54) is 16.9 Å². The van der Waals surface area contributed by atoms with Crippen LogP contribution in [-0.4, -0.2) is 25.3 Å². The van der Waals surface area contributed by atoms with Crippen LogP contribution < -0.4 is 9.47 Å². The molecule has 2 nitrogen and oxygen atoms in total. The van der Waals surface area contributed by atoms with Crippen molar-refractivity contribution in [2.45, 2.75) is 25.0 Å². The molecule has 19 heavy (non-hydrogen) atoms. The minimum atomic E-state index is 0.447. The van der Waals surface area contributed by atoms with Gasteiger partial charge in [-0.1, -0.05) is 29.8 Å². The van der Waals surface area contributed by atoms with Gasteiger partial charge in [0.05, 0.1) is 14.2 Å². The van der Waals surface area contributed by atoms with Crippen LogP contribution in [0.25, 0.3) is 0 Å². The fraction of sp³-hybridized carbons (Fsp3) is 0.600. The van der Waals surface area contributed by atoms with Gasteiger partial charge in [0.2, 0.25) is 0 Å². The fourth-order valence-corrected chi connectivity index (χ4v) is 4.77. The van der Waals surface area contributed by atoms with E-state index in [1.807, 2.05) is 17.8 Å². The van der Waals surface area contributed by atoms with E-state index in [4.69, 9.17) is 9.47 Å². The second-order valence-corrected chi connectivity index (χ2v) is 6.96. The van der Waals surface area contributed by atoms with Crippen LogP contribution in [-0.2, 0) is 0 Å². The van der Waals surface area contributed by atoms with E-state index in [0.717, 1.165) is 16.8 Å². The first kappa shape index (κ1) is 15.0. The molecule has 0 radical (unpaired) electrons. The number of ether oxygens (including phenoxy) is 2. The molecule has 0 amide bonds. The highest BCUT2D eigenvalue weighted by Gasteiger charge is 2.30. The van der Waals surface area contributed by atoms with Crippen molar-refractivity contribution in [2.75, 3.05) is 25.3 Å². The van der Waals surface area contributed by atoms with Crippen LogP contribution in [0.15, 0.2) is 12.1 Å². The lowest BCUT2D eigenvalue weighted by atomic mass is 9.86. The Kier molecular flexibility index (Phi) is 5.07. The molecule has 0 fully saturated rings. The molecule has 1 aromatic rings. The van der Waals surface area contributed by atoms with E-state index < -0.39 is 0 Å². The smallest absolute Gasteiger partial charge is 0.127 e. The van der Waals surface area contributed by atoms with Gasteiger partial charge in [0.25, 0.3) is 0 Å². The molecule has 0 N–H and O–H groups in total. The number of hydrogen-bond donors (Lipinski definition) is 0. The molecule has 3 unspecified atom stereocenters. The SMILES string of the molecule is COc1cc(OC)c2c(c1)C(C)C(C)CSC2CBr. The van der Waals surface area contributed by atoms with E-state index in [1.54, 1.807) is 14.2 Å². The maximum atomic E-state index is 5.61. The first-order valence-corrected chi connectivity index (χ1v) is 8.72. The van der Waals surface area contributed by atoms with Crippen LogP contribution in [0.4, 0.5) is 0 Å². The van der Waals surface area contributed by atoms with Crippen LogP contribution in [0.1, 0.15) is 36.1 Å². The molecule has 1 heterocycles. The molecule has 0 spiro atoms. The summed E-state index contributed by atoms with van der Waals surface area (Å²) in [6.07, 6.45) is 0. The van der Waals surface area contributed by atoms with Gasteiger partial charge >= 0.3 is 0 Å². The van der Waals surface area contributed by atoms with Gasteiger partial charge in [0.15, 0.2) is 0 Å². The van der Waals surface area contributed by atoms with Crippen molar-refractivity contribution in [3.63, 3.8) is 0 Å². The maximum Gasteiger partial charge on any atom is 0.127 e. The van der Waals surface area contributed by atoms with E-state index in [0.29, 0.717) is 17.1 Å². The Morgan fingerprint density at radius 3 is 2.58 bits per heavy atom. The summed E-state index contributed by atoms with van der Waals surface area (Å²) in [6, 6.07) is 4.18. The van der Waals surface area contributed by atoms with E-state index in [2.05, 4.69) is 35.8 Å². The van der Waals surface area contributed by atoms with Crippen LogP contribution in [0, 0.1) is 5.92 Å². The van der Waals surface area contributed by atoms with Crippen LogP contribution in [0.5, 0.6) is 11.5 Å². The van der Waals surface area contributed by atoms with E-state index >= 15 is 0 Å². The third-order valence-electron chi connectivity index (χ3n) is 3.97. The molecule has 1 aliphatic rings. The fourth-order valence-electron chi connectivity index (χ4n) is 2.55. The van der Waals surface area contributed by atoms with Gasteiger partial charge in [-0.2, -0.15) is 11.8 Å². The molecule has 2 rings (SSSR count). The van der Waals surface area contributed by atoms with Gasteiger partial charge in [-0.15, -0.1) is 0 Å². The normalized spacial score (nSPS) is 26.5. The summed E-state index contributed by atoms with van der Waals surface area (Å²) in [5.74, 6) is 4.19. The van der Waals surface area contributed by atoms with Crippen molar-refractivity contribution < 1.29 is 9.47 Å². The highest BCUT2D eigenvalue weighted by molar-refractivity contribution is 9.09. The highest BCUT2D eigenvalue weighted by atomic mass is 79.9. The van der Waals surface area contributed by atoms with Gasteiger partial charge in [0, 0.05) is 22.2 Å². The number of fused-ring (bicyclic) bond motifs is 1. The Morgan fingerprint density at radius 2 is 2.00 bits per heavy atom. The minimum absolute atomic E-state index is 0.447. The Balaban J connectivity index is 2.61. The van der Waals surface area contributed by atoms with Crippen molar-refractivity contribution in [3.05, 3.63) is 23.3 Å². The topological polar surface area (TPSA) is 18.5 Å². The predicted molar refractivity (Wildman–Crippen MR) is 86.1 cm³/mol. The van der Waals surface area contributed by atoms with Crippen molar-refractivity contribution in [3.8, 4) is 11.5 Å².